The zero-order valence-corrected chi connectivity index (χ0v) is 31.8. The standard InChI is InChI=1S/C41H79NS2/c1-3-5-7-9-11-13-15-17-19-21-23-25-27-29-31-33-35-43-39-41(37-42-38-41)40-44-36-34-32-30-28-26-24-22-20-18-16-14-12-10-8-6-4-2/h13-16,42H,3-12,17-40H2,1-2H3/b15-13-,16-14-. The lowest BCUT2D eigenvalue weighted by Crippen LogP contribution is -2.56. The van der Waals surface area contributed by atoms with E-state index in [1.807, 2.05) is 0 Å². The summed E-state index contributed by atoms with van der Waals surface area (Å²) in [6.45, 7) is 7.10. The summed E-state index contributed by atoms with van der Waals surface area (Å²) in [6, 6.07) is 0. The van der Waals surface area contributed by atoms with Crippen molar-refractivity contribution in [3.63, 3.8) is 0 Å². The summed E-state index contributed by atoms with van der Waals surface area (Å²) in [7, 11) is 0. The van der Waals surface area contributed by atoms with Crippen molar-refractivity contribution in [3.8, 4) is 0 Å². The second-order valence-corrected chi connectivity index (χ2v) is 16.3. The molecule has 44 heavy (non-hydrogen) atoms. The molecule has 1 aliphatic heterocycles. The Balaban J connectivity index is 1.80. The van der Waals surface area contributed by atoms with Crippen LogP contribution in [0.3, 0.4) is 0 Å². The molecule has 1 N–H and O–H groups in total. The van der Waals surface area contributed by atoms with Crippen LogP contribution in [0.25, 0.3) is 0 Å². The molecular formula is C41H79NS2. The molecule has 0 aromatic heterocycles. The first-order valence-electron chi connectivity index (χ1n) is 20.0. The van der Waals surface area contributed by atoms with E-state index in [1.165, 1.54) is 216 Å². The molecule has 1 fully saturated rings. The number of hydrogen-bond acceptors (Lipinski definition) is 3. The molecule has 3 heteroatoms. The van der Waals surface area contributed by atoms with Crippen LogP contribution in [0.4, 0.5) is 0 Å². The summed E-state index contributed by atoms with van der Waals surface area (Å²) in [6.07, 6.45) is 49.1. The zero-order chi connectivity index (χ0) is 31.5. The van der Waals surface area contributed by atoms with Crippen LogP contribution in [0, 0.1) is 5.41 Å². The van der Waals surface area contributed by atoms with Gasteiger partial charge in [0.15, 0.2) is 0 Å². The Bertz CT molecular complexity index is 564. The van der Waals surface area contributed by atoms with Crippen LogP contribution in [-0.4, -0.2) is 36.1 Å². The van der Waals surface area contributed by atoms with Crippen molar-refractivity contribution in [1.29, 1.82) is 0 Å². The van der Waals surface area contributed by atoms with Crippen molar-refractivity contribution in [1.82, 2.24) is 5.32 Å². The lowest BCUT2D eigenvalue weighted by atomic mass is 9.86. The van der Waals surface area contributed by atoms with E-state index in [9.17, 15) is 0 Å². The molecule has 0 aromatic rings. The van der Waals surface area contributed by atoms with Gasteiger partial charge in [-0.05, 0) is 75.7 Å². The number of allylic oxidation sites excluding steroid dienone is 4. The summed E-state index contributed by atoms with van der Waals surface area (Å²) in [5.74, 6) is 5.53. The molecule has 1 aliphatic rings. The fourth-order valence-corrected chi connectivity index (χ4v) is 8.92. The first-order chi connectivity index (χ1) is 21.8. The van der Waals surface area contributed by atoms with E-state index in [1.54, 1.807) is 0 Å². The monoisotopic (exact) mass is 650 g/mol. The summed E-state index contributed by atoms with van der Waals surface area (Å²) in [5, 5.41) is 3.59. The molecule has 0 radical (unpaired) electrons. The first kappa shape index (κ1) is 42.2. The van der Waals surface area contributed by atoms with Crippen molar-refractivity contribution < 1.29 is 0 Å². The Kier molecular flexibility index (Phi) is 33.0. The molecule has 1 saturated heterocycles. The third-order valence-electron chi connectivity index (χ3n) is 9.42. The summed E-state index contributed by atoms with van der Waals surface area (Å²) in [4.78, 5) is 0. The summed E-state index contributed by atoms with van der Waals surface area (Å²) < 4.78 is 0. The number of hydrogen-bond donors (Lipinski definition) is 1. The maximum atomic E-state index is 3.59. The Morgan fingerprint density at radius 3 is 1.00 bits per heavy atom. The molecule has 0 amide bonds. The van der Waals surface area contributed by atoms with Crippen LogP contribution in [0.15, 0.2) is 24.3 Å². The average molecular weight is 650 g/mol. The Morgan fingerprint density at radius 1 is 0.409 bits per heavy atom. The van der Waals surface area contributed by atoms with Crippen LogP contribution >= 0.6 is 23.5 Å². The third-order valence-corrected chi connectivity index (χ3v) is 12.2. The molecule has 1 nitrogen and oxygen atoms in total. The van der Waals surface area contributed by atoms with E-state index in [0.717, 1.165) is 0 Å². The molecule has 1 heterocycles. The van der Waals surface area contributed by atoms with Gasteiger partial charge in [0.25, 0.3) is 0 Å². The number of rotatable bonds is 36. The van der Waals surface area contributed by atoms with Gasteiger partial charge in [0.1, 0.15) is 0 Å². The lowest BCUT2D eigenvalue weighted by molar-refractivity contribution is 0.240. The minimum Gasteiger partial charge on any atom is -0.315 e. The highest BCUT2D eigenvalue weighted by Gasteiger charge is 2.36. The van der Waals surface area contributed by atoms with Gasteiger partial charge in [0.2, 0.25) is 0 Å². The Labute approximate surface area is 287 Å². The van der Waals surface area contributed by atoms with E-state index in [4.69, 9.17) is 0 Å². The van der Waals surface area contributed by atoms with E-state index in [0.29, 0.717) is 5.41 Å². The lowest BCUT2D eigenvalue weighted by Gasteiger charge is -2.42. The van der Waals surface area contributed by atoms with E-state index < -0.39 is 0 Å². The van der Waals surface area contributed by atoms with Crippen LogP contribution in [0.2, 0.25) is 0 Å². The number of thioether (sulfide) groups is 2. The molecule has 0 unspecified atom stereocenters. The number of nitrogens with one attached hydrogen (secondary N) is 1. The normalized spacial score (nSPS) is 14.7. The maximum absolute atomic E-state index is 3.59. The van der Waals surface area contributed by atoms with Gasteiger partial charge in [-0.3, -0.25) is 0 Å². The smallest absolute Gasteiger partial charge is 0.0133 e. The molecular weight excluding hydrogens is 571 g/mol. The van der Waals surface area contributed by atoms with Gasteiger partial charge < -0.3 is 5.32 Å². The first-order valence-corrected chi connectivity index (χ1v) is 22.3. The quantitative estimate of drug-likeness (QED) is 0.0536. The van der Waals surface area contributed by atoms with Gasteiger partial charge in [-0.25, -0.2) is 0 Å². The average Bonchev–Trinajstić information content (AvgIpc) is 3.01. The highest BCUT2D eigenvalue weighted by molar-refractivity contribution is 8.00. The predicted octanol–water partition coefficient (Wildman–Crippen LogP) is 14.1. The molecule has 0 bridgehead atoms. The van der Waals surface area contributed by atoms with Crippen molar-refractivity contribution >= 4 is 23.5 Å². The van der Waals surface area contributed by atoms with Gasteiger partial charge in [0.05, 0.1) is 0 Å². The van der Waals surface area contributed by atoms with E-state index in [-0.39, 0.29) is 0 Å². The molecule has 1 rings (SSSR count). The summed E-state index contributed by atoms with van der Waals surface area (Å²) >= 11 is 4.50. The van der Waals surface area contributed by atoms with Crippen molar-refractivity contribution in [2.24, 2.45) is 5.41 Å². The molecule has 0 aliphatic carbocycles. The van der Waals surface area contributed by atoms with Gasteiger partial charge in [-0.1, -0.05) is 154 Å². The van der Waals surface area contributed by atoms with Gasteiger partial charge in [0, 0.05) is 30.0 Å². The zero-order valence-electron chi connectivity index (χ0n) is 30.2. The minimum atomic E-state index is 0.601. The molecule has 0 spiro atoms. The Morgan fingerprint density at radius 2 is 0.705 bits per heavy atom. The fourth-order valence-electron chi connectivity index (χ4n) is 6.20. The van der Waals surface area contributed by atoms with Gasteiger partial charge >= 0.3 is 0 Å². The molecule has 0 aromatic carbocycles. The fraction of sp³-hybridized carbons (Fsp3) is 0.902. The van der Waals surface area contributed by atoms with Crippen LogP contribution in [0.1, 0.15) is 194 Å². The van der Waals surface area contributed by atoms with Crippen molar-refractivity contribution in [2.45, 2.75) is 194 Å². The van der Waals surface area contributed by atoms with E-state index >= 15 is 0 Å². The van der Waals surface area contributed by atoms with Crippen molar-refractivity contribution in [3.05, 3.63) is 24.3 Å². The molecule has 260 valence electrons. The van der Waals surface area contributed by atoms with Gasteiger partial charge in [-0.15, -0.1) is 0 Å². The predicted molar refractivity (Wildman–Crippen MR) is 209 cm³/mol. The second kappa shape index (κ2) is 34.5. The molecule has 0 saturated carbocycles. The highest BCUT2D eigenvalue weighted by atomic mass is 32.2. The van der Waals surface area contributed by atoms with Crippen LogP contribution < -0.4 is 5.32 Å². The largest absolute Gasteiger partial charge is 0.315 e. The maximum Gasteiger partial charge on any atom is 0.0133 e. The highest BCUT2D eigenvalue weighted by Crippen LogP contribution is 2.32. The SMILES string of the molecule is CCCCCC/C=C\CCCCCCCCCCSCC1(CSCCCCCCCCCC/C=C\CCCCCC)CNC1. The Hall–Kier alpha value is 0.140. The third kappa shape index (κ3) is 28.4. The summed E-state index contributed by atoms with van der Waals surface area (Å²) in [5.41, 5.74) is 0.601. The second-order valence-electron chi connectivity index (χ2n) is 14.1. The van der Waals surface area contributed by atoms with Crippen molar-refractivity contribution in [2.75, 3.05) is 36.1 Å². The van der Waals surface area contributed by atoms with Crippen LogP contribution in [0.5, 0.6) is 0 Å². The topological polar surface area (TPSA) is 12.0 Å². The molecule has 0 atom stereocenters. The number of unbranched alkanes of at least 4 members (excludes halogenated alkanes) is 24. The van der Waals surface area contributed by atoms with Gasteiger partial charge in [-0.2, -0.15) is 23.5 Å². The minimum absolute atomic E-state index is 0.601. The van der Waals surface area contributed by atoms with Crippen LogP contribution in [-0.2, 0) is 0 Å². The van der Waals surface area contributed by atoms with E-state index in [2.05, 4.69) is 67.0 Å².